The van der Waals surface area contributed by atoms with Crippen LogP contribution in [0.15, 0.2) is 175 Å². The molecule has 274 valence electrons. The molecular weight excluding hydrogens is 687 g/mol. The van der Waals surface area contributed by atoms with E-state index < -0.39 is 5.41 Å². The number of para-hydroxylation sites is 1. The van der Waals surface area contributed by atoms with Crippen molar-refractivity contribution < 1.29 is 0 Å². The Bertz CT molecular complexity index is 2890. The molecule has 6 aromatic rings. The second kappa shape index (κ2) is 12.3. The van der Waals surface area contributed by atoms with E-state index in [1.165, 1.54) is 112 Å². The Morgan fingerprint density at radius 1 is 0.561 bits per heavy atom. The van der Waals surface area contributed by atoms with Crippen molar-refractivity contribution in [3.05, 3.63) is 225 Å². The number of anilines is 2. The molecule has 1 nitrogen and oxygen atoms in total. The molecule has 1 spiro atoms. The minimum atomic E-state index is -0.598. The van der Waals surface area contributed by atoms with E-state index in [9.17, 15) is 0 Å². The quantitative estimate of drug-likeness (QED) is 0.174. The van der Waals surface area contributed by atoms with E-state index in [1.807, 2.05) is 0 Å². The van der Waals surface area contributed by atoms with E-state index >= 15 is 0 Å². The van der Waals surface area contributed by atoms with E-state index in [1.54, 1.807) is 0 Å². The first-order chi connectivity index (χ1) is 27.7. The number of fused-ring (bicyclic) bond motifs is 11. The number of aryl methyl sites for hydroxylation is 1. The SMILES string of the molecule is Cc1cc2c(c(N(C3=CC=C4C(=Cc5ccccc54)C34C=CC=C3C4=Cc4ccccc43)c3c(-c4ccccc4)cccc3C(C)(C)C)c1C)Cc1ccccc1-2. The van der Waals surface area contributed by atoms with Crippen LogP contribution in [0.25, 0.3) is 45.6 Å². The molecule has 1 heteroatoms. The summed E-state index contributed by atoms with van der Waals surface area (Å²) in [5, 5.41) is 0. The Balaban J connectivity index is 1.30. The lowest BCUT2D eigenvalue weighted by molar-refractivity contribution is 0.588. The summed E-state index contributed by atoms with van der Waals surface area (Å²) >= 11 is 0. The van der Waals surface area contributed by atoms with Gasteiger partial charge in [0, 0.05) is 17.7 Å². The number of hydrogen-bond acceptors (Lipinski definition) is 1. The van der Waals surface area contributed by atoms with Gasteiger partial charge >= 0.3 is 0 Å². The van der Waals surface area contributed by atoms with Crippen LogP contribution in [0.2, 0.25) is 0 Å². The third-order valence-electron chi connectivity index (χ3n) is 13.2. The predicted octanol–water partition coefficient (Wildman–Crippen LogP) is 14.4. The standard InChI is InChI=1S/C56H45N/c1-35-31-47-43-24-14-9-19-38(43)32-48(47)53(36(35)2)57(54-44(37-17-7-6-8-18-37)25-15-27-49(54)55(3,4)5)52-29-28-46-42-23-13-11-21-40(42)34-51(46)56(52)30-16-26-45-41-22-12-10-20-39(41)33-50(45)56/h6-31,33-34H,32H2,1-5H3. The van der Waals surface area contributed by atoms with Gasteiger partial charge in [-0.3, -0.25) is 0 Å². The number of hydrogen-bond donors (Lipinski definition) is 0. The van der Waals surface area contributed by atoms with Crippen LogP contribution < -0.4 is 4.90 Å². The fourth-order valence-electron chi connectivity index (χ4n) is 10.4. The molecule has 6 aromatic carbocycles. The molecule has 0 N–H and O–H groups in total. The maximum atomic E-state index is 2.75. The number of rotatable bonds is 4. The summed E-state index contributed by atoms with van der Waals surface area (Å²) < 4.78 is 0. The molecule has 11 rings (SSSR count). The zero-order valence-corrected chi connectivity index (χ0v) is 33.3. The van der Waals surface area contributed by atoms with Gasteiger partial charge in [-0.25, -0.2) is 0 Å². The van der Waals surface area contributed by atoms with Gasteiger partial charge < -0.3 is 4.90 Å². The summed E-state index contributed by atoms with van der Waals surface area (Å²) in [7, 11) is 0. The van der Waals surface area contributed by atoms with Crippen molar-refractivity contribution in [2.24, 2.45) is 5.41 Å². The van der Waals surface area contributed by atoms with E-state index in [-0.39, 0.29) is 5.41 Å². The van der Waals surface area contributed by atoms with Gasteiger partial charge in [0.25, 0.3) is 0 Å². The molecule has 0 radical (unpaired) electrons. The normalized spacial score (nSPS) is 18.0. The minimum Gasteiger partial charge on any atom is -0.311 e. The summed E-state index contributed by atoms with van der Waals surface area (Å²) in [5.41, 5.74) is 25.4. The van der Waals surface area contributed by atoms with E-state index in [4.69, 9.17) is 0 Å². The zero-order valence-electron chi connectivity index (χ0n) is 33.3. The van der Waals surface area contributed by atoms with Crippen LogP contribution in [0.5, 0.6) is 0 Å². The van der Waals surface area contributed by atoms with Gasteiger partial charge in [-0.05, 0) is 127 Å². The average Bonchev–Trinajstić information content (AvgIpc) is 3.92. The lowest BCUT2D eigenvalue weighted by Gasteiger charge is -2.48. The van der Waals surface area contributed by atoms with E-state index in [0.29, 0.717) is 0 Å². The van der Waals surface area contributed by atoms with Gasteiger partial charge in [0.2, 0.25) is 0 Å². The van der Waals surface area contributed by atoms with Gasteiger partial charge in [-0.2, -0.15) is 0 Å². The molecule has 0 fully saturated rings. The number of benzene rings is 6. The third kappa shape index (κ3) is 4.82. The number of nitrogens with zero attached hydrogens (tertiary/aromatic N) is 1. The van der Waals surface area contributed by atoms with Crippen molar-refractivity contribution in [3.63, 3.8) is 0 Å². The summed E-state index contributed by atoms with van der Waals surface area (Å²) in [4.78, 5) is 2.75. The topological polar surface area (TPSA) is 3.24 Å². The van der Waals surface area contributed by atoms with Crippen LogP contribution in [0.1, 0.15) is 70.8 Å². The van der Waals surface area contributed by atoms with Crippen molar-refractivity contribution in [2.45, 2.75) is 46.5 Å². The Morgan fingerprint density at radius 2 is 1.18 bits per heavy atom. The van der Waals surface area contributed by atoms with Gasteiger partial charge in [0.05, 0.1) is 16.8 Å². The highest BCUT2D eigenvalue weighted by atomic mass is 15.2. The van der Waals surface area contributed by atoms with Crippen LogP contribution in [0.3, 0.4) is 0 Å². The van der Waals surface area contributed by atoms with Crippen LogP contribution >= 0.6 is 0 Å². The predicted molar refractivity (Wildman–Crippen MR) is 241 cm³/mol. The minimum absolute atomic E-state index is 0.162. The van der Waals surface area contributed by atoms with Crippen LogP contribution in [-0.2, 0) is 11.8 Å². The average molecular weight is 732 g/mol. The molecule has 1 atom stereocenters. The van der Waals surface area contributed by atoms with Crippen molar-refractivity contribution in [2.75, 3.05) is 4.90 Å². The molecule has 57 heavy (non-hydrogen) atoms. The smallest absolute Gasteiger partial charge is 0.0803 e. The lowest BCUT2D eigenvalue weighted by atomic mass is 9.62. The molecule has 0 bridgehead atoms. The Kier molecular flexibility index (Phi) is 7.29. The highest BCUT2D eigenvalue weighted by Gasteiger charge is 2.51. The molecule has 5 aliphatic rings. The summed E-state index contributed by atoms with van der Waals surface area (Å²) in [6.07, 6.45) is 18.0. The van der Waals surface area contributed by atoms with Gasteiger partial charge in [0.1, 0.15) is 0 Å². The largest absolute Gasteiger partial charge is 0.311 e. The molecule has 0 heterocycles. The lowest BCUT2D eigenvalue weighted by Crippen LogP contribution is -2.38. The molecule has 0 aliphatic heterocycles. The van der Waals surface area contributed by atoms with Gasteiger partial charge in [0.15, 0.2) is 0 Å². The van der Waals surface area contributed by atoms with Crippen molar-refractivity contribution in [3.8, 4) is 22.3 Å². The van der Waals surface area contributed by atoms with Crippen LogP contribution in [0.4, 0.5) is 11.4 Å². The van der Waals surface area contributed by atoms with Crippen LogP contribution in [-0.4, -0.2) is 0 Å². The van der Waals surface area contributed by atoms with Crippen LogP contribution in [0, 0.1) is 19.3 Å². The summed E-state index contributed by atoms with van der Waals surface area (Å²) in [6.45, 7) is 11.8. The maximum absolute atomic E-state index is 2.75. The molecule has 0 saturated heterocycles. The van der Waals surface area contributed by atoms with E-state index in [2.05, 4.69) is 209 Å². The van der Waals surface area contributed by atoms with E-state index in [0.717, 1.165) is 6.42 Å². The summed E-state index contributed by atoms with van der Waals surface area (Å²) in [6, 6.07) is 47.4. The first kappa shape index (κ1) is 33.9. The first-order valence-electron chi connectivity index (χ1n) is 20.4. The monoisotopic (exact) mass is 731 g/mol. The Labute approximate surface area is 337 Å². The van der Waals surface area contributed by atoms with Crippen molar-refractivity contribution in [1.82, 2.24) is 0 Å². The zero-order chi connectivity index (χ0) is 38.6. The Hall–Kier alpha value is -6.44. The van der Waals surface area contributed by atoms with Gasteiger partial charge in [-0.15, -0.1) is 0 Å². The highest BCUT2D eigenvalue weighted by Crippen LogP contribution is 2.65. The van der Waals surface area contributed by atoms with Gasteiger partial charge in [-0.1, -0.05) is 172 Å². The molecule has 1 unspecified atom stereocenters. The second-order valence-corrected chi connectivity index (χ2v) is 17.4. The Morgan fingerprint density at radius 3 is 1.88 bits per heavy atom. The van der Waals surface area contributed by atoms with Crippen molar-refractivity contribution >= 4 is 34.7 Å². The summed E-state index contributed by atoms with van der Waals surface area (Å²) in [5.74, 6) is 0. The molecule has 0 aromatic heterocycles. The fourth-order valence-corrected chi connectivity index (χ4v) is 10.4. The third-order valence-corrected chi connectivity index (χ3v) is 13.2. The number of allylic oxidation sites excluding steroid dienone is 7. The van der Waals surface area contributed by atoms with Crippen molar-refractivity contribution in [1.29, 1.82) is 0 Å². The molecule has 0 amide bonds. The second-order valence-electron chi connectivity index (χ2n) is 17.4. The highest BCUT2D eigenvalue weighted by molar-refractivity contribution is 6.07. The molecule has 0 saturated carbocycles. The maximum Gasteiger partial charge on any atom is 0.0803 e. The molecular formula is C56H45N. The first-order valence-corrected chi connectivity index (χ1v) is 20.4. The fraction of sp³-hybridized carbons (Fsp3) is 0.143. The molecule has 5 aliphatic carbocycles.